The Bertz CT molecular complexity index is 995. The highest BCUT2D eigenvalue weighted by molar-refractivity contribution is 7.99. The second kappa shape index (κ2) is 12.6. The number of aromatic nitrogens is 2. The van der Waals surface area contributed by atoms with Crippen LogP contribution in [-0.2, 0) is 11.8 Å². The number of hydrogen-bond donors (Lipinski definition) is 4. The second-order valence-corrected chi connectivity index (χ2v) is 11.2. The van der Waals surface area contributed by atoms with E-state index in [-0.39, 0.29) is 11.5 Å². The maximum atomic E-state index is 13.3. The molecule has 1 saturated carbocycles. The van der Waals surface area contributed by atoms with Gasteiger partial charge in [-0.05, 0) is 50.0 Å². The fourth-order valence-corrected chi connectivity index (χ4v) is 6.40. The molecule has 4 N–H and O–H groups in total. The van der Waals surface area contributed by atoms with Gasteiger partial charge in [-0.15, -0.1) is 0 Å². The summed E-state index contributed by atoms with van der Waals surface area (Å²) in [6, 6.07) is 9.22. The number of unbranched alkanes of at least 4 members (excludes halogenated alkanes) is 1. The molecular formula is C27H40N4O4S. The predicted molar refractivity (Wildman–Crippen MR) is 142 cm³/mol. The van der Waals surface area contributed by atoms with E-state index in [0.29, 0.717) is 19.3 Å². The fourth-order valence-electron chi connectivity index (χ4n) is 5.28. The number of aryl methyl sites for hydroxylation is 1. The van der Waals surface area contributed by atoms with E-state index in [2.05, 4.69) is 15.6 Å². The molecule has 3 atom stereocenters. The zero-order valence-electron chi connectivity index (χ0n) is 21.6. The van der Waals surface area contributed by atoms with E-state index in [4.69, 9.17) is 0 Å². The summed E-state index contributed by atoms with van der Waals surface area (Å²) >= 11 is 1.68. The molecule has 9 heteroatoms. The normalized spacial score (nSPS) is 17.9. The standard InChI is InChI=1S/C27H40N4O4S/c1-4-5-14-27(30-25(34)35,22(32)23(33)29-20(2)21-10-7-6-8-11-21)19-26(12-9-13-26)15-18-36-24-28-16-17-31(24)3/h6-8,10-11,16-17,20,22,30,32H,4-5,9,12-15,18-19H2,1-3H3,(H,29,33)(H,34,35)/t20-,22?,27?/m1/s1. The summed E-state index contributed by atoms with van der Waals surface area (Å²) in [6.07, 6.45) is 7.20. The van der Waals surface area contributed by atoms with E-state index >= 15 is 0 Å². The molecule has 8 nitrogen and oxygen atoms in total. The first kappa shape index (κ1) is 28.1. The zero-order valence-corrected chi connectivity index (χ0v) is 22.4. The van der Waals surface area contributed by atoms with E-state index in [1.165, 1.54) is 0 Å². The van der Waals surface area contributed by atoms with Crippen LogP contribution in [0, 0.1) is 5.41 Å². The number of thioether (sulfide) groups is 1. The third kappa shape index (κ3) is 7.03. The maximum absolute atomic E-state index is 13.3. The number of benzene rings is 1. The first-order valence-electron chi connectivity index (χ1n) is 12.8. The molecule has 3 rings (SSSR count). The third-order valence-corrected chi connectivity index (χ3v) is 8.57. The van der Waals surface area contributed by atoms with Gasteiger partial charge in [0.25, 0.3) is 5.91 Å². The van der Waals surface area contributed by atoms with Gasteiger partial charge in [0.1, 0.15) is 0 Å². The number of aliphatic hydroxyl groups excluding tert-OH is 1. The molecule has 1 aliphatic carbocycles. The lowest BCUT2D eigenvalue weighted by atomic mass is 9.59. The lowest BCUT2D eigenvalue weighted by Crippen LogP contribution is -2.63. The molecule has 1 aliphatic rings. The molecule has 0 saturated heterocycles. The summed E-state index contributed by atoms with van der Waals surface area (Å²) in [6.45, 7) is 3.89. The number of nitrogens with one attached hydrogen (secondary N) is 2. The lowest BCUT2D eigenvalue weighted by Gasteiger charge is -2.50. The number of carbonyl (C=O) groups excluding carboxylic acids is 1. The van der Waals surface area contributed by atoms with E-state index in [1.54, 1.807) is 18.0 Å². The molecule has 1 aromatic heterocycles. The highest BCUT2D eigenvalue weighted by atomic mass is 32.2. The van der Waals surface area contributed by atoms with Gasteiger partial charge in [-0.25, -0.2) is 9.78 Å². The van der Waals surface area contributed by atoms with Gasteiger partial charge in [-0.2, -0.15) is 0 Å². The van der Waals surface area contributed by atoms with Crippen molar-refractivity contribution in [1.29, 1.82) is 0 Å². The van der Waals surface area contributed by atoms with Crippen molar-refractivity contribution < 1.29 is 19.8 Å². The smallest absolute Gasteiger partial charge is 0.405 e. The SMILES string of the molecule is CCCCC(CC1(CCSc2nccn2C)CCC1)(NC(=O)O)C(O)C(=O)N[C@H](C)c1ccccc1. The Morgan fingerprint density at radius 2 is 2.00 bits per heavy atom. The van der Waals surface area contributed by atoms with Gasteiger partial charge in [0.15, 0.2) is 11.3 Å². The molecule has 2 aromatic rings. The maximum Gasteiger partial charge on any atom is 0.405 e. The molecule has 1 fully saturated rings. The average Bonchev–Trinajstić information content (AvgIpc) is 3.24. The Kier molecular flexibility index (Phi) is 9.84. The minimum absolute atomic E-state index is 0.124. The molecule has 2 amide bonds. The van der Waals surface area contributed by atoms with Gasteiger partial charge < -0.3 is 25.4 Å². The number of carboxylic acid groups (broad SMARTS) is 1. The number of amides is 2. The zero-order chi connectivity index (χ0) is 26.2. The molecule has 1 heterocycles. The molecule has 0 aliphatic heterocycles. The first-order valence-corrected chi connectivity index (χ1v) is 13.8. The van der Waals surface area contributed by atoms with Crippen LogP contribution in [0.3, 0.4) is 0 Å². The van der Waals surface area contributed by atoms with E-state index < -0.39 is 23.6 Å². The van der Waals surface area contributed by atoms with Gasteiger partial charge in [0, 0.05) is 25.2 Å². The average molecular weight is 517 g/mol. The van der Waals surface area contributed by atoms with Crippen molar-refractivity contribution in [1.82, 2.24) is 20.2 Å². The first-order chi connectivity index (χ1) is 17.2. The third-order valence-electron chi connectivity index (χ3n) is 7.51. The Morgan fingerprint density at radius 1 is 1.28 bits per heavy atom. The van der Waals surface area contributed by atoms with Crippen LogP contribution in [0.25, 0.3) is 0 Å². The van der Waals surface area contributed by atoms with Crippen LogP contribution in [0.4, 0.5) is 4.79 Å². The minimum Gasteiger partial charge on any atom is -0.465 e. The quantitative estimate of drug-likeness (QED) is 0.266. The van der Waals surface area contributed by atoms with Crippen molar-refractivity contribution in [2.24, 2.45) is 12.5 Å². The van der Waals surface area contributed by atoms with Gasteiger partial charge in [-0.1, -0.05) is 68.3 Å². The monoisotopic (exact) mass is 516 g/mol. The van der Waals surface area contributed by atoms with Crippen LogP contribution in [0.1, 0.15) is 76.8 Å². The fraction of sp³-hybridized carbons (Fsp3) is 0.593. The number of hydrogen-bond acceptors (Lipinski definition) is 5. The molecule has 198 valence electrons. The lowest BCUT2D eigenvalue weighted by molar-refractivity contribution is -0.136. The molecule has 0 bridgehead atoms. The van der Waals surface area contributed by atoms with Crippen LogP contribution in [0.15, 0.2) is 47.9 Å². The Morgan fingerprint density at radius 3 is 2.56 bits per heavy atom. The van der Waals surface area contributed by atoms with Crippen molar-refractivity contribution in [3.63, 3.8) is 0 Å². The summed E-state index contributed by atoms with van der Waals surface area (Å²) in [7, 11) is 1.96. The number of nitrogens with zero attached hydrogens (tertiary/aromatic N) is 2. The van der Waals surface area contributed by atoms with Crippen LogP contribution < -0.4 is 10.6 Å². The highest BCUT2D eigenvalue weighted by Gasteiger charge is 2.50. The van der Waals surface area contributed by atoms with E-state index in [9.17, 15) is 19.8 Å². The van der Waals surface area contributed by atoms with Crippen molar-refractivity contribution in [2.45, 2.75) is 88.1 Å². The summed E-state index contributed by atoms with van der Waals surface area (Å²) in [5, 5.41) is 27.7. The number of carbonyl (C=O) groups is 2. The molecule has 36 heavy (non-hydrogen) atoms. The van der Waals surface area contributed by atoms with Crippen molar-refractivity contribution >= 4 is 23.8 Å². The van der Waals surface area contributed by atoms with Crippen LogP contribution in [0.5, 0.6) is 0 Å². The summed E-state index contributed by atoms with van der Waals surface area (Å²) in [4.78, 5) is 29.7. The van der Waals surface area contributed by atoms with Gasteiger partial charge >= 0.3 is 6.09 Å². The molecule has 1 aromatic carbocycles. The molecule has 2 unspecified atom stereocenters. The van der Waals surface area contributed by atoms with Gasteiger partial charge in [0.2, 0.25) is 0 Å². The van der Waals surface area contributed by atoms with E-state index in [0.717, 1.165) is 48.6 Å². The molecule has 0 radical (unpaired) electrons. The van der Waals surface area contributed by atoms with Crippen LogP contribution in [-0.4, -0.2) is 49.2 Å². The summed E-state index contributed by atoms with van der Waals surface area (Å²) < 4.78 is 1.98. The Hall–Kier alpha value is -2.52. The number of aliphatic hydroxyl groups is 1. The van der Waals surface area contributed by atoms with Crippen LogP contribution >= 0.6 is 11.8 Å². The van der Waals surface area contributed by atoms with Crippen molar-refractivity contribution in [3.8, 4) is 0 Å². The van der Waals surface area contributed by atoms with E-state index in [1.807, 2.05) is 62.0 Å². The second-order valence-electron chi connectivity index (χ2n) is 10.2. The molecular weight excluding hydrogens is 476 g/mol. The summed E-state index contributed by atoms with van der Waals surface area (Å²) in [5.41, 5.74) is -0.456. The Labute approximate surface area is 218 Å². The Balaban J connectivity index is 1.79. The topological polar surface area (TPSA) is 116 Å². The minimum atomic E-state index is -1.49. The van der Waals surface area contributed by atoms with Gasteiger partial charge in [0.05, 0.1) is 11.6 Å². The molecule has 0 spiro atoms. The number of imidazole rings is 1. The predicted octanol–water partition coefficient (Wildman–Crippen LogP) is 4.90. The highest BCUT2D eigenvalue weighted by Crippen LogP contribution is 2.51. The van der Waals surface area contributed by atoms with Crippen LogP contribution in [0.2, 0.25) is 0 Å². The van der Waals surface area contributed by atoms with Gasteiger partial charge in [-0.3, -0.25) is 4.79 Å². The largest absolute Gasteiger partial charge is 0.465 e. The van der Waals surface area contributed by atoms with Crippen molar-refractivity contribution in [3.05, 3.63) is 48.3 Å². The van der Waals surface area contributed by atoms with Crippen molar-refractivity contribution in [2.75, 3.05) is 5.75 Å². The summed E-state index contributed by atoms with van der Waals surface area (Å²) in [5.74, 6) is 0.294. The number of rotatable bonds is 14.